The molecule has 1 N–H and O–H groups in total. The maximum absolute atomic E-state index is 12.7. The average Bonchev–Trinajstić information content (AvgIpc) is 2.68. The van der Waals surface area contributed by atoms with Crippen LogP contribution in [0.2, 0.25) is 0 Å². The van der Waals surface area contributed by atoms with Gasteiger partial charge in [0.15, 0.2) is 0 Å². The van der Waals surface area contributed by atoms with Gasteiger partial charge in [-0.25, -0.2) is 8.42 Å². The van der Waals surface area contributed by atoms with Crippen molar-refractivity contribution in [1.29, 1.82) is 0 Å². The van der Waals surface area contributed by atoms with Crippen molar-refractivity contribution in [2.45, 2.75) is 18.7 Å². The summed E-state index contributed by atoms with van der Waals surface area (Å²) in [6, 6.07) is 11.9. The fourth-order valence-corrected chi connectivity index (χ4v) is 4.33. The van der Waals surface area contributed by atoms with Crippen LogP contribution < -0.4 is 10.1 Å². The lowest BCUT2D eigenvalue weighted by atomic mass is 10.2. The van der Waals surface area contributed by atoms with Gasteiger partial charge in [0.1, 0.15) is 5.75 Å². The number of ether oxygens (including phenoxy) is 1. The highest BCUT2D eigenvalue weighted by Crippen LogP contribution is 2.29. The lowest BCUT2D eigenvalue weighted by molar-refractivity contribution is -0.111. The van der Waals surface area contributed by atoms with Crippen LogP contribution in [-0.4, -0.2) is 38.8 Å². The average molecular weight is 467 g/mol. The number of carbonyl (C=O) groups excluding carboxylic acids is 1. The van der Waals surface area contributed by atoms with Gasteiger partial charge >= 0.3 is 0 Å². The van der Waals surface area contributed by atoms with Crippen molar-refractivity contribution in [3.8, 4) is 5.75 Å². The van der Waals surface area contributed by atoms with Crippen LogP contribution in [0.1, 0.15) is 19.4 Å². The summed E-state index contributed by atoms with van der Waals surface area (Å²) in [6.45, 7) is 4.28. The molecule has 1 amide bonds. The molecule has 0 aromatic heterocycles. The largest absolute Gasteiger partial charge is 0.495 e. The van der Waals surface area contributed by atoms with Gasteiger partial charge in [-0.1, -0.05) is 41.9 Å². The van der Waals surface area contributed by atoms with Crippen LogP contribution in [0.15, 0.2) is 57.9 Å². The predicted octanol–water partition coefficient (Wildman–Crippen LogP) is 4.14. The van der Waals surface area contributed by atoms with E-state index in [2.05, 4.69) is 21.2 Å². The van der Waals surface area contributed by atoms with Crippen molar-refractivity contribution < 1.29 is 17.9 Å². The van der Waals surface area contributed by atoms with E-state index in [1.807, 2.05) is 24.3 Å². The second kappa shape index (κ2) is 9.86. The maximum Gasteiger partial charge on any atom is 0.248 e. The Morgan fingerprint density at radius 2 is 1.79 bits per heavy atom. The minimum Gasteiger partial charge on any atom is -0.495 e. The number of rotatable bonds is 8. The molecule has 0 spiro atoms. The van der Waals surface area contributed by atoms with Gasteiger partial charge in [-0.05, 0) is 42.0 Å². The van der Waals surface area contributed by atoms with Crippen molar-refractivity contribution in [3.63, 3.8) is 0 Å². The Kier molecular flexibility index (Phi) is 7.79. The number of amides is 1. The number of nitrogens with zero attached hydrogens (tertiary/aromatic N) is 1. The number of nitrogens with one attached hydrogen (secondary N) is 1. The molecule has 0 saturated heterocycles. The van der Waals surface area contributed by atoms with Gasteiger partial charge in [0.05, 0.1) is 17.7 Å². The van der Waals surface area contributed by atoms with Crippen LogP contribution in [0, 0.1) is 0 Å². The van der Waals surface area contributed by atoms with Crippen LogP contribution in [-0.2, 0) is 14.8 Å². The molecule has 8 heteroatoms. The number of benzene rings is 2. The lowest BCUT2D eigenvalue weighted by Crippen LogP contribution is -2.30. The molecule has 0 fully saturated rings. The molecule has 0 atom stereocenters. The standard InChI is InChI=1S/C20H23BrN2O4S/c1-4-23(5-2)28(25,26)17-11-12-19(27-3)18(14-17)22-20(24)13-8-15-6-9-16(21)10-7-15/h6-14H,4-5H2,1-3H3,(H,22,24)/b13-8+. The molecule has 2 rings (SSSR count). The maximum atomic E-state index is 12.7. The predicted molar refractivity (Wildman–Crippen MR) is 115 cm³/mol. The van der Waals surface area contributed by atoms with Crippen molar-refractivity contribution in [2.75, 3.05) is 25.5 Å². The zero-order chi connectivity index (χ0) is 20.7. The van der Waals surface area contributed by atoms with E-state index in [0.29, 0.717) is 24.5 Å². The molecule has 0 bridgehead atoms. The molecule has 0 unspecified atom stereocenters. The third-order valence-corrected chi connectivity index (χ3v) is 6.64. The van der Waals surface area contributed by atoms with Crippen LogP contribution in [0.4, 0.5) is 5.69 Å². The van der Waals surface area contributed by atoms with Crippen LogP contribution in [0.25, 0.3) is 6.08 Å². The summed E-state index contributed by atoms with van der Waals surface area (Å²) in [7, 11) is -2.18. The first-order valence-corrected chi connectivity index (χ1v) is 11.0. The number of halogens is 1. The van der Waals surface area contributed by atoms with Crippen LogP contribution >= 0.6 is 15.9 Å². The van der Waals surface area contributed by atoms with Crippen molar-refractivity contribution in [2.24, 2.45) is 0 Å². The highest BCUT2D eigenvalue weighted by molar-refractivity contribution is 9.10. The molecule has 0 aliphatic carbocycles. The number of hydrogen-bond donors (Lipinski definition) is 1. The molecule has 28 heavy (non-hydrogen) atoms. The normalized spacial score (nSPS) is 11.8. The first kappa shape index (κ1) is 22.1. The first-order valence-electron chi connectivity index (χ1n) is 8.74. The second-order valence-corrected chi connectivity index (χ2v) is 8.68. The molecule has 0 aliphatic heterocycles. The van der Waals surface area contributed by atoms with Crippen molar-refractivity contribution in [3.05, 3.63) is 58.6 Å². The number of hydrogen-bond acceptors (Lipinski definition) is 4. The van der Waals surface area contributed by atoms with E-state index in [9.17, 15) is 13.2 Å². The van der Waals surface area contributed by atoms with Gasteiger partial charge in [-0.3, -0.25) is 4.79 Å². The summed E-state index contributed by atoms with van der Waals surface area (Å²) < 4.78 is 33.0. The van der Waals surface area contributed by atoms with Gasteiger partial charge in [0.2, 0.25) is 15.9 Å². The Morgan fingerprint density at radius 1 is 1.14 bits per heavy atom. The molecule has 0 aliphatic rings. The smallest absolute Gasteiger partial charge is 0.248 e. The zero-order valence-corrected chi connectivity index (χ0v) is 18.4. The summed E-state index contributed by atoms with van der Waals surface area (Å²) in [5.41, 5.74) is 1.16. The Bertz CT molecular complexity index is 953. The molecule has 2 aromatic rings. The number of sulfonamides is 1. The molecule has 0 radical (unpaired) electrons. The number of anilines is 1. The Morgan fingerprint density at radius 3 is 2.36 bits per heavy atom. The van der Waals surface area contributed by atoms with E-state index in [4.69, 9.17) is 4.74 Å². The van der Waals surface area contributed by atoms with E-state index in [1.165, 1.54) is 35.7 Å². The Labute approximate surface area is 174 Å². The Balaban J connectivity index is 2.26. The molecule has 0 saturated carbocycles. The van der Waals surface area contributed by atoms with E-state index in [1.54, 1.807) is 19.9 Å². The molecular weight excluding hydrogens is 444 g/mol. The highest BCUT2D eigenvalue weighted by Gasteiger charge is 2.23. The molecule has 0 heterocycles. The van der Waals surface area contributed by atoms with E-state index >= 15 is 0 Å². The van der Waals surface area contributed by atoms with Crippen LogP contribution in [0.3, 0.4) is 0 Å². The fourth-order valence-electron chi connectivity index (χ4n) is 2.58. The molecular formula is C20H23BrN2O4S. The third-order valence-electron chi connectivity index (χ3n) is 4.07. The highest BCUT2D eigenvalue weighted by atomic mass is 79.9. The quantitative estimate of drug-likeness (QED) is 0.593. The summed E-state index contributed by atoms with van der Waals surface area (Å²) in [4.78, 5) is 12.4. The first-order chi connectivity index (χ1) is 13.3. The van der Waals surface area contributed by atoms with Gasteiger partial charge in [-0.2, -0.15) is 4.31 Å². The third kappa shape index (κ3) is 5.43. The minimum absolute atomic E-state index is 0.101. The lowest BCUT2D eigenvalue weighted by Gasteiger charge is -2.19. The SMILES string of the molecule is CCN(CC)S(=O)(=O)c1ccc(OC)c(NC(=O)/C=C/c2ccc(Br)cc2)c1. The molecule has 6 nitrogen and oxygen atoms in total. The minimum atomic E-state index is -3.64. The van der Waals surface area contributed by atoms with E-state index in [-0.39, 0.29) is 4.90 Å². The summed E-state index contributed by atoms with van der Waals surface area (Å²) in [6.07, 6.45) is 3.05. The summed E-state index contributed by atoms with van der Waals surface area (Å²) in [5.74, 6) is -0.0116. The van der Waals surface area contributed by atoms with Gasteiger partial charge in [0.25, 0.3) is 0 Å². The van der Waals surface area contributed by atoms with E-state index < -0.39 is 15.9 Å². The monoisotopic (exact) mass is 466 g/mol. The van der Waals surface area contributed by atoms with Gasteiger partial charge in [0, 0.05) is 23.6 Å². The fraction of sp³-hybridized carbons (Fsp3) is 0.250. The number of methoxy groups -OCH3 is 1. The second-order valence-electron chi connectivity index (χ2n) is 5.83. The van der Waals surface area contributed by atoms with Crippen molar-refractivity contribution >= 4 is 43.6 Å². The number of carbonyl (C=O) groups is 1. The topological polar surface area (TPSA) is 75.7 Å². The zero-order valence-electron chi connectivity index (χ0n) is 16.0. The molecule has 2 aromatic carbocycles. The van der Waals surface area contributed by atoms with Crippen molar-refractivity contribution in [1.82, 2.24) is 4.31 Å². The van der Waals surface area contributed by atoms with Crippen LogP contribution in [0.5, 0.6) is 5.75 Å². The summed E-state index contributed by atoms with van der Waals surface area (Å²) >= 11 is 3.36. The molecule has 150 valence electrons. The summed E-state index contributed by atoms with van der Waals surface area (Å²) in [5, 5.41) is 2.69. The Hall–Kier alpha value is -2.16. The van der Waals surface area contributed by atoms with Gasteiger partial charge in [-0.15, -0.1) is 0 Å². The van der Waals surface area contributed by atoms with Gasteiger partial charge < -0.3 is 10.1 Å². The van der Waals surface area contributed by atoms with E-state index in [0.717, 1.165) is 10.0 Å².